The maximum atomic E-state index is 10.5. The summed E-state index contributed by atoms with van der Waals surface area (Å²) < 4.78 is 0. The maximum absolute atomic E-state index is 10.5. The van der Waals surface area contributed by atoms with E-state index in [4.69, 9.17) is 0 Å². The quantitative estimate of drug-likeness (QED) is 0.734. The molecule has 2 aliphatic rings. The fourth-order valence-electron chi connectivity index (χ4n) is 2.68. The van der Waals surface area contributed by atoms with Crippen LogP contribution in [0.3, 0.4) is 0 Å². The van der Waals surface area contributed by atoms with E-state index in [0.717, 1.165) is 0 Å². The molecule has 3 heteroatoms. The van der Waals surface area contributed by atoms with E-state index in [9.17, 15) is 10.2 Å². The van der Waals surface area contributed by atoms with Crippen molar-refractivity contribution in [2.24, 2.45) is 0 Å². The second-order valence-electron chi connectivity index (χ2n) is 5.28. The molecular weight excluding hydrogens is 231 g/mol. The molecule has 1 fully saturated rings. The summed E-state index contributed by atoms with van der Waals surface area (Å²) in [6.07, 6.45) is 15.0. The van der Waals surface area contributed by atoms with Gasteiger partial charge < -0.3 is 10.2 Å². The predicted octanol–water partition coefficient (Wildman–Crippen LogP) is 3.87. The number of allylic oxidation sites excluding steroid dienone is 1. The molecule has 0 saturated heterocycles. The normalized spacial score (nSPS) is 32.4. The Morgan fingerprint density at radius 3 is 2.35 bits per heavy atom. The first-order chi connectivity index (χ1) is 8.18. The van der Waals surface area contributed by atoms with Gasteiger partial charge in [-0.1, -0.05) is 40.7 Å². The van der Waals surface area contributed by atoms with Crippen molar-refractivity contribution < 1.29 is 10.2 Å². The van der Waals surface area contributed by atoms with Gasteiger partial charge in [-0.05, 0) is 36.7 Å². The van der Waals surface area contributed by atoms with E-state index in [-0.39, 0.29) is 5.76 Å². The van der Waals surface area contributed by atoms with Gasteiger partial charge in [0, 0.05) is 6.42 Å². The fraction of sp³-hybridized carbons (Fsp3) is 0.714. The van der Waals surface area contributed by atoms with E-state index < -0.39 is 5.34 Å². The third-order valence-corrected chi connectivity index (χ3v) is 5.57. The number of aliphatic hydroxyl groups is 2. The standard InChI is InChI=1S/C14H23O2P/c15-12-8-10-14(16,11-9-12)17-13-6-4-2-1-3-5-7-13/h8-10,13,15-17H,1-7,11H2. The molecule has 0 spiro atoms. The Bertz CT molecular complexity index is 303. The Labute approximate surface area is 106 Å². The summed E-state index contributed by atoms with van der Waals surface area (Å²) >= 11 is 0. The lowest BCUT2D eigenvalue weighted by molar-refractivity contribution is 0.181. The van der Waals surface area contributed by atoms with Crippen LogP contribution in [0.5, 0.6) is 0 Å². The maximum Gasteiger partial charge on any atom is 0.111 e. The molecule has 0 radical (unpaired) electrons. The molecule has 2 atom stereocenters. The van der Waals surface area contributed by atoms with Gasteiger partial charge in [0.05, 0.1) is 0 Å². The first kappa shape index (κ1) is 13.1. The average molecular weight is 254 g/mol. The summed E-state index contributed by atoms with van der Waals surface area (Å²) in [5.41, 5.74) is 0.679. The van der Waals surface area contributed by atoms with E-state index in [2.05, 4.69) is 0 Å². The molecule has 0 amide bonds. The Kier molecular flexibility index (Phi) is 4.64. The topological polar surface area (TPSA) is 40.5 Å². The van der Waals surface area contributed by atoms with E-state index in [0.29, 0.717) is 20.7 Å². The molecule has 0 aromatic rings. The van der Waals surface area contributed by atoms with Gasteiger partial charge in [0.1, 0.15) is 11.1 Å². The minimum Gasteiger partial charge on any atom is -0.508 e. The van der Waals surface area contributed by atoms with Gasteiger partial charge in [-0.3, -0.25) is 0 Å². The molecule has 0 aromatic carbocycles. The molecule has 96 valence electrons. The lowest BCUT2D eigenvalue weighted by Gasteiger charge is -2.31. The van der Waals surface area contributed by atoms with Crippen LogP contribution >= 0.6 is 8.58 Å². The van der Waals surface area contributed by atoms with Crippen LogP contribution in [-0.4, -0.2) is 21.2 Å². The van der Waals surface area contributed by atoms with Crippen molar-refractivity contribution in [2.45, 2.75) is 62.4 Å². The van der Waals surface area contributed by atoms with Crippen LogP contribution in [0.2, 0.25) is 0 Å². The fourth-order valence-corrected chi connectivity index (χ4v) is 4.48. The zero-order chi connectivity index (χ0) is 12.1. The average Bonchev–Trinajstić information content (AvgIpc) is 2.27. The molecule has 2 aliphatic carbocycles. The van der Waals surface area contributed by atoms with Gasteiger partial charge in [0.2, 0.25) is 0 Å². The molecule has 0 bridgehead atoms. The number of rotatable bonds is 2. The van der Waals surface area contributed by atoms with Crippen molar-refractivity contribution in [1.29, 1.82) is 0 Å². The van der Waals surface area contributed by atoms with Gasteiger partial charge in [-0.2, -0.15) is 0 Å². The Morgan fingerprint density at radius 2 is 1.76 bits per heavy atom. The Morgan fingerprint density at radius 1 is 1.12 bits per heavy atom. The zero-order valence-electron chi connectivity index (χ0n) is 10.4. The monoisotopic (exact) mass is 254 g/mol. The molecule has 2 nitrogen and oxygen atoms in total. The van der Waals surface area contributed by atoms with Gasteiger partial charge in [-0.15, -0.1) is 0 Å². The van der Waals surface area contributed by atoms with Gasteiger partial charge in [0.25, 0.3) is 0 Å². The molecule has 1 saturated carbocycles. The lowest BCUT2D eigenvalue weighted by Crippen LogP contribution is -2.24. The highest BCUT2D eigenvalue weighted by atomic mass is 31.1. The molecule has 0 aromatic heterocycles. The Balaban J connectivity index is 1.88. The van der Waals surface area contributed by atoms with Crippen LogP contribution in [0.15, 0.2) is 24.0 Å². The van der Waals surface area contributed by atoms with Crippen molar-refractivity contribution >= 4 is 8.58 Å². The van der Waals surface area contributed by atoms with E-state index in [1.807, 2.05) is 0 Å². The highest BCUT2D eigenvalue weighted by molar-refractivity contribution is 7.40. The van der Waals surface area contributed by atoms with E-state index in [1.165, 1.54) is 44.9 Å². The lowest BCUT2D eigenvalue weighted by atomic mass is 10.0. The first-order valence-electron chi connectivity index (χ1n) is 6.76. The van der Waals surface area contributed by atoms with Crippen LogP contribution in [0.25, 0.3) is 0 Å². The van der Waals surface area contributed by atoms with Crippen LogP contribution < -0.4 is 0 Å². The predicted molar refractivity (Wildman–Crippen MR) is 73.8 cm³/mol. The highest BCUT2D eigenvalue weighted by Crippen LogP contribution is 2.44. The summed E-state index contributed by atoms with van der Waals surface area (Å²) in [5, 5.41) is 19.1. The smallest absolute Gasteiger partial charge is 0.111 e. The highest BCUT2D eigenvalue weighted by Gasteiger charge is 2.28. The van der Waals surface area contributed by atoms with Crippen molar-refractivity contribution in [3.05, 3.63) is 24.0 Å². The third-order valence-electron chi connectivity index (χ3n) is 3.71. The zero-order valence-corrected chi connectivity index (χ0v) is 11.4. The van der Waals surface area contributed by atoms with Gasteiger partial charge >= 0.3 is 0 Å². The largest absolute Gasteiger partial charge is 0.508 e. The molecule has 0 aliphatic heterocycles. The summed E-state index contributed by atoms with van der Waals surface area (Å²) in [4.78, 5) is 0. The summed E-state index contributed by atoms with van der Waals surface area (Å²) in [6, 6.07) is 0. The van der Waals surface area contributed by atoms with E-state index >= 15 is 0 Å². The first-order valence-corrected chi connectivity index (χ1v) is 7.84. The van der Waals surface area contributed by atoms with Crippen LogP contribution in [-0.2, 0) is 0 Å². The molecule has 2 unspecified atom stereocenters. The van der Waals surface area contributed by atoms with Gasteiger partial charge in [0.15, 0.2) is 0 Å². The SMILES string of the molecule is OC1=CCC(O)(PC2CCCCCCC2)C=C1. The summed E-state index contributed by atoms with van der Waals surface area (Å²) in [7, 11) is 0.579. The van der Waals surface area contributed by atoms with Gasteiger partial charge in [-0.25, -0.2) is 0 Å². The minimum absolute atomic E-state index is 0.289. The molecular formula is C14H23O2P. The molecule has 2 rings (SSSR count). The molecule has 2 N–H and O–H groups in total. The Hall–Kier alpha value is -0.330. The second kappa shape index (κ2) is 6.02. The number of hydrogen-bond acceptors (Lipinski definition) is 2. The van der Waals surface area contributed by atoms with Crippen LogP contribution in [0.1, 0.15) is 51.4 Å². The van der Waals surface area contributed by atoms with Crippen molar-refractivity contribution in [1.82, 2.24) is 0 Å². The summed E-state index contributed by atoms with van der Waals surface area (Å²) in [5.74, 6) is 0.289. The third kappa shape index (κ3) is 4.12. The minimum atomic E-state index is -0.684. The van der Waals surface area contributed by atoms with Crippen molar-refractivity contribution in [2.75, 3.05) is 0 Å². The van der Waals surface area contributed by atoms with E-state index in [1.54, 1.807) is 18.2 Å². The van der Waals surface area contributed by atoms with Crippen LogP contribution in [0, 0.1) is 0 Å². The van der Waals surface area contributed by atoms with Crippen molar-refractivity contribution in [3.63, 3.8) is 0 Å². The number of aliphatic hydroxyl groups excluding tert-OH is 1. The van der Waals surface area contributed by atoms with Crippen molar-refractivity contribution in [3.8, 4) is 0 Å². The molecule has 0 heterocycles. The summed E-state index contributed by atoms with van der Waals surface area (Å²) in [6.45, 7) is 0. The van der Waals surface area contributed by atoms with Crippen LogP contribution in [0.4, 0.5) is 0 Å². The molecule has 17 heavy (non-hydrogen) atoms. The number of hydrogen-bond donors (Lipinski definition) is 2. The second-order valence-corrected chi connectivity index (χ2v) is 7.25.